The quantitative estimate of drug-likeness (QED) is 0.864. The van der Waals surface area contributed by atoms with Crippen LogP contribution in [0.2, 0.25) is 0 Å². The summed E-state index contributed by atoms with van der Waals surface area (Å²) in [5.74, 6) is 1.50. The number of ether oxygens (including phenoxy) is 1. The van der Waals surface area contributed by atoms with Gasteiger partial charge in [0.1, 0.15) is 5.75 Å². The average molecular weight is 312 g/mol. The minimum absolute atomic E-state index is 0.0388. The summed E-state index contributed by atoms with van der Waals surface area (Å²) in [4.78, 5) is 25.1. The molecule has 0 unspecified atom stereocenters. The van der Waals surface area contributed by atoms with Crippen LogP contribution in [0.5, 0.6) is 5.75 Å². The minimum atomic E-state index is 0.0388. The summed E-state index contributed by atoms with van der Waals surface area (Å²) in [6.45, 7) is 4.75. The predicted molar refractivity (Wildman–Crippen MR) is 87.9 cm³/mol. The number of nitrogens with zero attached hydrogens (tertiary/aromatic N) is 4. The number of amides is 1. The van der Waals surface area contributed by atoms with Gasteiger partial charge in [0, 0.05) is 44.1 Å². The van der Waals surface area contributed by atoms with Crippen molar-refractivity contribution in [3.8, 4) is 5.75 Å². The fourth-order valence-corrected chi connectivity index (χ4v) is 2.70. The second-order valence-electron chi connectivity index (χ2n) is 5.51. The van der Waals surface area contributed by atoms with Crippen LogP contribution in [-0.2, 0) is 0 Å². The molecule has 3 rings (SSSR count). The van der Waals surface area contributed by atoms with E-state index in [9.17, 15) is 4.79 Å². The molecule has 2 aromatic rings. The maximum Gasteiger partial charge on any atom is 0.254 e. The molecule has 1 amide bonds. The third kappa shape index (κ3) is 3.26. The molecule has 0 saturated carbocycles. The number of piperazine rings is 1. The van der Waals surface area contributed by atoms with Gasteiger partial charge in [0.2, 0.25) is 5.95 Å². The molecule has 1 saturated heterocycles. The molecule has 1 aromatic heterocycles. The molecule has 23 heavy (non-hydrogen) atoms. The molecule has 0 N–H and O–H groups in total. The van der Waals surface area contributed by atoms with E-state index >= 15 is 0 Å². The number of carbonyl (C=O) groups is 1. The van der Waals surface area contributed by atoms with E-state index < -0.39 is 0 Å². The van der Waals surface area contributed by atoms with E-state index in [0.29, 0.717) is 18.7 Å². The third-order valence-corrected chi connectivity index (χ3v) is 4.06. The zero-order valence-electron chi connectivity index (χ0n) is 13.4. The van der Waals surface area contributed by atoms with E-state index in [4.69, 9.17) is 4.74 Å². The van der Waals surface area contributed by atoms with Gasteiger partial charge in [-0.25, -0.2) is 9.97 Å². The van der Waals surface area contributed by atoms with E-state index in [2.05, 4.69) is 14.9 Å². The Hall–Kier alpha value is -2.63. The van der Waals surface area contributed by atoms with Gasteiger partial charge in [-0.05, 0) is 30.7 Å². The largest absolute Gasteiger partial charge is 0.496 e. The molecule has 0 spiro atoms. The van der Waals surface area contributed by atoms with Gasteiger partial charge < -0.3 is 14.5 Å². The van der Waals surface area contributed by atoms with Gasteiger partial charge in [-0.15, -0.1) is 0 Å². The third-order valence-electron chi connectivity index (χ3n) is 4.06. The number of methoxy groups -OCH3 is 1. The van der Waals surface area contributed by atoms with E-state index in [1.165, 1.54) is 0 Å². The molecular weight excluding hydrogens is 292 g/mol. The topological polar surface area (TPSA) is 58.6 Å². The number of aryl methyl sites for hydroxylation is 1. The summed E-state index contributed by atoms with van der Waals surface area (Å²) in [6, 6.07) is 7.38. The maximum absolute atomic E-state index is 12.6. The van der Waals surface area contributed by atoms with E-state index in [1.54, 1.807) is 25.6 Å². The first-order valence-electron chi connectivity index (χ1n) is 7.65. The number of rotatable bonds is 3. The molecule has 0 aliphatic carbocycles. The van der Waals surface area contributed by atoms with Crippen LogP contribution in [0.15, 0.2) is 36.7 Å². The highest BCUT2D eigenvalue weighted by atomic mass is 16.5. The molecular formula is C17H20N4O2. The standard InChI is InChI=1S/C17H20N4O2/c1-13-4-5-14(12-15(13)23-2)16(22)20-8-10-21(11-9-20)17-18-6-3-7-19-17/h3-7,12H,8-11H2,1-2H3. The monoisotopic (exact) mass is 312 g/mol. The molecule has 0 atom stereocenters. The lowest BCUT2D eigenvalue weighted by Gasteiger charge is -2.34. The molecule has 2 heterocycles. The van der Waals surface area contributed by atoms with Crippen molar-refractivity contribution in [1.29, 1.82) is 0 Å². The van der Waals surface area contributed by atoms with Crippen molar-refractivity contribution >= 4 is 11.9 Å². The zero-order chi connectivity index (χ0) is 16.2. The molecule has 1 aliphatic rings. The lowest BCUT2D eigenvalue weighted by Crippen LogP contribution is -2.49. The Labute approximate surface area is 135 Å². The molecule has 1 fully saturated rings. The Morgan fingerprint density at radius 2 is 1.83 bits per heavy atom. The van der Waals surface area contributed by atoms with Crippen LogP contribution in [0.25, 0.3) is 0 Å². The Balaban J connectivity index is 1.66. The minimum Gasteiger partial charge on any atom is -0.496 e. The van der Waals surface area contributed by atoms with Gasteiger partial charge in [0.15, 0.2) is 0 Å². The zero-order valence-corrected chi connectivity index (χ0v) is 13.4. The SMILES string of the molecule is COc1cc(C(=O)N2CCN(c3ncccn3)CC2)ccc1C. The lowest BCUT2D eigenvalue weighted by molar-refractivity contribution is 0.0746. The summed E-state index contributed by atoms with van der Waals surface area (Å²) in [6.07, 6.45) is 3.47. The van der Waals surface area contributed by atoms with Crippen LogP contribution in [-0.4, -0.2) is 54.1 Å². The highest BCUT2D eigenvalue weighted by Crippen LogP contribution is 2.20. The van der Waals surface area contributed by atoms with Gasteiger partial charge in [-0.3, -0.25) is 4.79 Å². The first kappa shape index (κ1) is 15.3. The highest BCUT2D eigenvalue weighted by Gasteiger charge is 2.23. The Morgan fingerprint density at radius 1 is 1.13 bits per heavy atom. The second-order valence-corrected chi connectivity index (χ2v) is 5.51. The predicted octanol–water partition coefficient (Wildman–Crippen LogP) is 1.76. The Kier molecular flexibility index (Phi) is 4.41. The molecule has 1 aromatic carbocycles. The normalized spacial score (nSPS) is 14.7. The van der Waals surface area contributed by atoms with Crippen molar-refractivity contribution in [3.63, 3.8) is 0 Å². The summed E-state index contributed by atoms with van der Waals surface area (Å²) in [5, 5.41) is 0. The molecule has 0 radical (unpaired) electrons. The number of aromatic nitrogens is 2. The molecule has 0 bridgehead atoms. The molecule has 6 nitrogen and oxygen atoms in total. The Morgan fingerprint density at radius 3 is 2.48 bits per heavy atom. The van der Waals surface area contributed by atoms with E-state index in [-0.39, 0.29) is 5.91 Å². The fourth-order valence-electron chi connectivity index (χ4n) is 2.70. The summed E-state index contributed by atoms with van der Waals surface area (Å²) in [5.41, 5.74) is 1.69. The number of carbonyl (C=O) groups excluding carboxylic acids is 1. The van der Waals surface area contributed by atoms with Crippen molar-refractivity contribution in [2.24, 2.45) is 0 Å². The lowest BCUT2D eigenvalue weighted by atomic mass is 10.1. The number of benzene rings is 1. The van der Waals surface area contributed by atoms with Crippen LogP contribution < -0.4 is 9.64 Å². The van der Waals surface area contributed by atoms with Crippen molar-refractivity contribution in [2.45, 2.75) is 6.92 Å². The van der Waals surface area contributed by atoms with Crippen molar-refractivity contribution in [3.05, 3.63) is 47.8 Å². The number of anilines is 1. The van der Waals surface area contributed by atoms with Crippen LogP contribution in [0.4, 0.5) is 5.95 Å². The molecule has 120 valence electrons. The molecule has 6 heteroatoms. The average Bonchev–Trinajstić information content (AvgIpc) is 2.62. The van der Waals surface area contributed by atoms with Crippen LogP contribution in [0, 0.1) is 6.92 Å². The van der Waals surface area contributed by atoms with Gasteiger partial charge in [0.05, 0.1) is 7.11 Å². The van der Waals surface area contributed by atoms with Crippen molar-refractivity contribution in [1.82, 2.24) is 14.9 Å². The van der Waals surface area contributed by atoms with Gasteiger partial charge in [0.25, 0.3) is 5.91 Å². The summed E-state index contributed by atoms with van der Waals surface area (Å²) >= 11 is 0. The maximum atomic E-state index is 12.6. The van der Waals surface area contributed by atoms with Crippen molar-refractivity contribution < 1.29 is 9.53 Å². The van der Waals surface area contributed by atoms with Gasteiger partial charge in [-0.2, -0.15) is 0 Å². The highest BCUT2D eigenvalue weighted by molar-refractivity contribution is 5.95. The van der Waals surface area contributed by atoms with Crippen LogP contribution >= 0.6 is 0 Å². The summed E-state index contributed by atoms with van der Waals surface area (Å²) < 4.78 is 5.30. The van der Waals surface area contributed by atoms with E-state index in [1.807, 2.05) is 30.0 Å². The first-order chi connectivity index (χ1) is 11.2. The van der Waals surface area contributed by atoms with E-state index in [0.717, 1.165) is 30.4 Å². The van der Waals surface area contributed by atoms with Gasteiger partial charge in [-0.1, -0.05) is 6.07 Å². The van der Waals surface area contributed by atoms with Crippen LogP contribution in [0.1, 0.15) is 15.9 Å². The number of hydrogen-bond donors (Lipinski definition) is 0. The van der Waals surface area contributed by atoms with Crippen LogP contribution in [0.3, 0.4) is 0 Å². The number of hydrogen-bond acceptors (Lipinski definition) is 5. The summed E-state index contributed by atoms with van der Waals surface area (Å²) in [7, 11) is 1.62. The fraction of sp³-hybridized carbons (Fsp3) is 0.353. The molecule has 1 aliphatic heterocycles. The van der Waals surface area contributed by atoms with Crippen molar-refractivity contribution in [2.75, 3.05) is 38.2 Å². The smallest absolute Gasteiger partial charge is 0.254 e. The first-order valence-corrected chi connectivity index (χ1v) is 7.65. The Bertz CT molecular complexity index is 682. The second kappa shape index (κ2) is 6.64. The van der Waals surface area contributed by atoms with Gasteiger partial charge >= 0.3 is 0 Å².